The summed E-state index contributed by atoms with van der Waals surface area (Å²) in [6, 6.07) is 12.7. The van der Waals surface area contributed by atoms with Crippen molar-refractivity contribution in [3.05, 3.63) is 52.8 Å². The maximum Gasteiger partial charge on any atom is 0.410 e. The molecule has 0 N–H and O–H groups in total. The fourth-order valence-electron chi connectivity index (χ4n) is 3.60. The summed E-state index contributed by atoms with van der Waals surface area (Å²) >= 11 is 3.42. The van der Waals surface area contributed by atoms with Crippen LogP contribution in [0.4, 0.5) is 4.79 Å². The smallest absolute Gasteiger partial charge is 0.410 e. The van der Waals surface area contributed by atoms with Gasteiger partial charge in [-0.1, -0.05) is 30.3 Å². The van der Waals surface area contributed by atoms with E-state index in [0.29, 0.717) is 12.6 Å². The summed E-state index contributed by atoms with van der Waals surface area (Å²) in [4.78, 5) is 14.8. The first kappa shape index (κ1) is 19.9. The first-order chi connectivity index (χ1) is 12.8. The minimum atomic E-state index is -0.495. The van der Waals surface area contributed by atoms with Crippen LogP contribution in [0, 0.1) is 0 Å². The van der Waals surface area contributed by atoms with E-state index >= 15 is 0 Å². The van der Waals surface area contributed by atoms with Crippen LogP contribution < -0.4 is 0 Å². The van der Waals surface area contributed by atoms with Gasteiger partial charge in [0, 0.05) is 18.8 Å². The molecule has 0 saturated heterocycles. The molecule has 1 heterocycles. The quantitative estimate of drug-likeness (QED) is 0.633. The molecular formula is C21H28BrN3O2. The zero-order valence-electron chi connectivity index (χ0n) is 16.3. The average Bonchev–Trinajstić information content (AvgIpc) is 3.06. The summed E-state index contributed by atoms with van der Waals surface area (Å²) in [5.74, 6) is 0. The summed E-state index contributed by atoms with van der Waals surface area (Å²) < 4.78 is 8.61. The number of rotatable bonds is 4. The summed E-state index contributed by atoms with van der Waals surface area (Å²) in [6.07, 6.45) is 5.71. The zero-order valence-corrected chi connectivity index (χ0v) is 17.9. The van der Waals surface area contributed by atoms with Crippen molar-refractivity contribution in [2.24, 2.45) is 0 Å². The van der Waals surface area contributed by atoms with Gasteiger partial charge in [-0.15, -0.1) is 0 Å². The molecule has 1 aliphatic carbocycles. The monoisotopic (exact) mass is 433 g/mol. The molecule has 3 rings (SSSR count). The molecule has 1 fully saturated rings. The Bertz CT molecular complexity index is 746. The van der Waals surface area contributed by atoms with E-state index in [1.807, 2.05) is 60.8 Å². The second-order valence-corrected chi connectivity index (χ2v) is 8.99. The molecule has 2 aromatic rings. The number of hydrogen-bond acceptors (Lipinski definition) is 3. The Kier molecular flexibility index (Phi) is 6.25. The molecule has 0 atom stereocenters. The number of aromatic nitrogens is 2. The van der Waals surface area contributed by atoms with Gasteiger partial charge in [-0.3, -0.25) is 4.68 Å². The van der Waals surface area contributed by atoms with Crippen LogP contribution in [0.15, 0.2) is 47.2 Å². The van der Waals surface area contributed by atoms with Crippen LogP contribution in [-0.2, 0) is 11.3 Å². The van der Waals surface area contributed by atoms with E-state index < -0.39 is 5.60 Å². The highest BCUT2D eigenvalue weighted by molar-refractivity contribution is 9.10. The Morgan fingerprint density at radius 1 is 1.19 bits per heavy atom. The maximum absolute atomic E-state index is 12.9. The highest BCUT2D eigenvalue weighted by atomic mass is 79.9. The van der Waals surface area contributed by atoms with E-state index in [4.69, 9.17) is 4.74 Å². The number of benzene rings is 1. The van der Waals surface area contributed by atoms with Gasteiger partial charge in [-0.05, 0) is 74.0 Å². The molecule has 0 bridgehead atoms. The molecule has 0 aliphatic heterocycles. The summed E-state index contributed by atoms with van der Waals surface area (Å²) in [5.41, 5.74) is 0.631. The highest BCUT2D eigenvalue weighted by Gasteiger charge is 2.32. The van der Waals surface area contributed by atoms with Gasteiger partial charge >= 0.3 is 6.09 Å². The van der Waals surface area contributed by atoms with E-state index in [2.05, 4.69) is 33.2 Å². The van der Waals surface area contributed by atoms with Gasteiger partial charge in [0.25, 0.3) is 0 Å². The van der Waals surface area contributed by atoms with Crippen LogP contribution in [0.5, 0.6) is 0 Å². The first-order valence-electron chi connectivity index (χ1n) is 9.56. The molecule has 5 nitrogen and oxygen atoms in total. The maximum atomic E-state index is 12.9. The topological polar surface area (TPSA) is 47.4 Å². The lowest BCUT2D eigenvalue weighted by atomic mass is 9.90. The predicted molar refractivity (Wildman–Crippen MR) is 109 cm³/mol. The molecule has 146 valence electrons. The number of hydrogen-bond donors (Lipinski definition) is 0. The highest BCUT2D eigenvalue weighted by Crippen LogP contribution is 2.32. The van der Waals surface area contributed by atoms with Gasteiger partial charge in [0.15, 0.2) is 0 Å². The van der Waals surface area contributed by atoms with Gasteiger partial charge in [-0.25, -0.2) is 4.79 Å². The summed E-state index contributed by atoms with van der Waals surface area (Å²) in [7, 11) is 0. The molecule has 6 heteroatoms. The van der Waals surface area contributed by atoms with Crippen LogP contribution in [-0.4, -0.2) is 32.4 Å². The molecule has 1 aromatic heterocycles. The van der Waals surface area contributed by atoms with Crippen LogP contribution >= 0.6 is 15.9 Å². The van der Waals surface area contributed by atoms with Gasteiger partial charge in [0.05, 0.1) is 6.04 Å². The molecule has 0 unspecified atom stereocenters. The number of nitrogens with zero attached hydrogens (tertiary/aromatic N) is 3. The fourth-order valence-corrected chi connectivity index (χ4v) is 3.90. The molecule has 1 amide bonds. The van der Waals surface area contributed by atoms with Crippen molar-refractivity contribution in [2.45, 2.75) is 70.7 Å². The van der Waals surface area contributed by atoms with Gasteiger partial charge in [0.2, 0.25) is 0 Å². The zero-order chi connectivity index (χ0) is 19.4. The normalized spacial score (nSPS) is 20.3. The van der Waals surface area contributed by atoms with Crippen molar-refractivity contribution in [1.29, 1.82) is 0 Å². The Hall–Kier alpha value is -1.82. The van der Waals surface area contributed by atoms with Gasteiger partial charge in [0.1, 0.15) is 10.2 Å². The minimum Gasteiger partial charge on any atom is -0.444 e. The number of ether oxygens (including phenoxy) is 1. The van der Waals surface area contributed by atoms with Crippen molar-refractivity contribution in [3.63, 3.8) is 0 Å². The summed E-state index contributed by atoms with van der Waals surface area (Å²) in [6.45, 7) is 6.33. The lowest BCUT2D eigenvalue weighted by molar-refractivity contribution is 0.00804. The third kappa shape index (κ3) is 5.58. The van der Waals surface area contributed by atoms with Crippen molar-refractivity contribution in [1.82, 2.24) is 14.7 Å². The van der Waals surface area contributed by atoms with Crippen LogP contribution in [0.2, 0.25) is 0 Å². The Morgan fingerprint density at radius 3 is 2.41 bits per heavy atom. The molecule has 1 aromatic carbocycles. The van der Waals surface area contributed by atoms with Crippen molar-refractivity contribution < 1.29 is 9.53 Å². The van der Waals surface area contributed by atoms with E-state index in [1.54, 1.807) is 0 Å². The van der Waals surface area contributed by atoms with E-state index in [1.165, 1.54) is 0 Å². The number of carbonyl (C=O) groups is 1. The molecule has 0 spiro atoms. The van der Waals surface area contributed by atoms with Crippen molar-refractivity contribution in [2.75, 3.05) is 0 Å². The lowest BCUT2D eigenvalue weighted by Crippen LogP contribution is -2.44. The average molecular weight is 434 g/mol. The molecule has 1 saturated carbocycles. The number of amides is 1. The third-order valence-electron chi connectivity index (χ3n) is 4.88. The van der Waals surface area contributed by atoms with Gasteiger partial charge < -0.3 is 9.64 Å². The van der Waals surface area contributed by atoms with Crippen LogP contribution in [0.3, 0.4) is 0 Å². The van der Waals surface area contributed by atoms with E-state index in [-0.39, 0.29) is 12.1 Å². The standard InChI is InChI=1S/C21H28BrN3O2/c1-21(2,3)27-20(26)24(15-16-7-5-4-6-8-16)17-9-11-18(12-10-17)25-14-13-19(22)23-25/h4-8,13-14,17-18H,9-12,15H2,1-3H3. The molecule has 1 aliphatic rings. The Balaban J connectivity index is 1.70. The molecule has 0 radical (unpaired) electrons. The van der Waals surface area contributed by atoms with Gasteiger partial charge in [-0.2, -0.15) is 5.10 Å². The lowest BCUT2D eigenvalue weighted by Gasteiger charge is -2.37. The summed E-state index contributed by atoms with van der Waals surface area (Å²) in [5, 5.41) is 4.48. The predicted octanol–water partition coefficient (Wildman–Crippen LogP) is 5.57. The second-order valence-electron chi connectivity index (χ2n) is 8.17. The van der Waals surface area contributed by atoms with Crippen LogP contribution in [0.1, 0.15) is 58.1 Å². The Morgan fingerprint density at radius 2 is 1.85 bits per heavy atom. The Labute approximate surface area is 169 Å². The first-order valence-corrected chi connectivity index (χ1v) is 10.4. The third-order valence-corrected chi connectivity index (χ3v) is 5.30. The second kappa shape index (κ2) is 8.46. The number of halogens is 1. The van der Waals surface area contributed by atoms with Crippen molar-refractivity contribution in [3.8, 4) is 0 Å². The van der Waals surface area contributed by atoms with Crippen molar-refractivity contribution >= 4 is 22.0 Å². The van der Waals surface area contributed by atoms with Crippen LogP contribution in [0.25, 0.3) is 0 Å². The molecular weight excluding hydrogens is 406 g/mol. The number of carbonyl (C=O) groups excluding carboxylic acids is 1. The molecule has 27 heavy (non-hydrogen) atoms. The fraction of sp³-hybridized carbons (Fsp3) is 0.524. The van der Waals surface area contributed by atoms with E-state index in [0.717, 1.165) is 35.8 Å². The van der Waals surface area contributed by atoms with E-state index in [9.17, 15) is 4.79 Å². The minimum absolute atomic E-state index is 0.190. The SMILES string of the molecule is CC(C)(C)OC(=O)N(Cc1ccccc1)C1CCC(n2ccc(Br)n2)CC1. The largest absolute Gasteiger partial charge is 0.444 e.